The lowest BCUT2D eigenvalue weighted by atomic mass is 10.5. The summed E-state index contributed by atoms with van der Waals surface area (Å²) in [5.74, 6) is -0.377. The van der Waals surface area contributed by atoms with Gasteiger partial charge in [0.2, 0.25) is 0 Å². The van der Waals surface area contributed by atoms with Gasteiger partial charge in [-0.25, -0.2) is 9.37 Å². The minimum absolute atomic E-state index is 0.286. The van der Waals surface area contributed by atoms with Gasteiger partial charge in [-0.2, -0.15) is 0 Å². The predicted octanol–water partition coefficient (Wildman–Crippen LogP) is 2.26. The molecular formula is C8H6BrFN4S. The summed E-state index contributed by atoms with van der Waals surface area (Å²) in [7, 11) is 1.79. The highest BCUT2D eigenvalue weighted by atomic mass is 79.9. The second-order valence-electron chi connectivity index (χ2n) is 2.77. The van der Waals surface area contributed by atoms with E-state index in [-0.39, 0.29) is 10.8 Å². The number of hydrogen-bond acceptors (Lipinski definition) is 4. The average molecular weight is 289 g/mol. The summed E-state index contributed by atoms with van der Waals surface area (Å²) in [6, 6.07) is 1.37. The molecule has 0 aliphatic heterocycles. The molecule has 0 aromatic carbocycles. The molecule has 0 atom stereocenters. The Bertz CT molecular complexity index is 487. The molecule has 2 rings (SSSR count). The van der Waals surface area contributed by atoms with Gasteiger partial charge in [-0.3, -0.25) is 0 Å². The zero-order valence-electron chi connectivity index (χ0n) is 7.69. The van der Waals surface area contributed by atoms with E-state index < -0.39 is 0 Å². The summed E-state index contributed by atoms with van der Waals surface area (Å²) in [5, 5.41) is 8.42. The average Bonchev–Trinajstić information content (AvgIpc) is 2.57. The van der Waals surface area contributed by atoms with Gasteiger partial charge in [0.1, 0.15) is 11.4 Å². The number of aromatic nitrogens is 4. The number of nitrogens with zero attached hydrogens (tertiary/aromatic N) is 4. The Morgan fingerprint density at radius 1 is 1.53 bits per heavy atom. The highest BCUT2D eigenvalue weighted by Gasteiger charge is 2.09. The first-order valence-corrected chi connectivity index (χ1v) is 5.60. The van der Waals surface area contributed by atoms with Crippen LogP contribution in [0, 0.1) is 5.82 Å². The van der Waals surface area contributed by atoms with Crippen molar-refractivity contribution >= 4 is 27.7 Å². The lowest BCUT2D eigenvalue weighted by molar-refractivity contribution is 0.585. The van der Waals surface area contributed by atoms with E-state index in [1.165, 1.54) is 6.07 Å². The molecular weight excluding hydrogens is 283 g/mol. The van der Waals surface area contributed by atoms with E-state index in [0.29, 0.717) is 9.63 Å². The van der Waals surface area contributed by atoms with Crippen molar-refractivity contribution in [1.29, 1.82) is 0 Å². The largest absolute Gasteiger partial charge is 0.311 e. The standard InChI is InChI=1S/C8H6BrFN4S/c1-14-4-12-13-8(14)15-7-6(10)2-5(9)3-11-7/h2-4H,1H3. The number of rotatable bonds is 2. The van der Waals surface area contributed by atoms with Crippen LogP contribution in [-0.4, -0.2) is 19.7 Å². The van der Waals surface area contributed by atoms with Crippen LogP contribution < -0.4 is 0 Å². The fourth-order valence-electron chi connectivity index (χ4n) is 0.929. The summed E-state index contributed by atoms with van der Waals surface area (Å²) >= 11 is 4.28. The summed E-state index contributed by atoms with van der Waals surface area (Å²) in [6.07, 6.45) is 3.10. The molecule has 0 N–H and O–H groups in total. The Hall–Kier alpha value is -0.950. The van der Waals surface area contributed by atoms with Crippen LogP contribution in [0.3, 0.4) is 0 Å². The maximum absolute atomic E-state index is 13.4. The SMILES string of the molecule is Cn1cnnc1Sc1ncc(Br)cc1F. The Labute approximate surface area is 98.1 Å². The van der Waals surface area contributed by atoms with Gasteiger partial charge < -0.3 is 4.57 Å². The normalized spacial score (nSPS) is 10.6. The fraction of sp³-hybridized carbons (Fsp3) is 0.125. The maximum atomic E-state index is 13.4. The smallest absolute Gasteiger partial charge is 0.197 e. The molecule has 2 heterocycles. The van der Waals surface area contributed by atoms with Crippen LogP contribution >= 0.6 is 27.7 Å². The van der Waals surface area contributed by atoms with Crippen molar-refractivity contribution in [2.75, 3.05) is 0 Å². The highest BCUT2D eigenvalue weighted by Crippen LogP contribution is 2.26. The van der Waals surface area contributed by atoms with Crippen molar-refractivity contribution in [3.63, 3.8) is 0 Å². The molecule has 2 aromatic rings. The van der Waals surface area contributed by atoms with E-state index >= 15 is 0 Å². The van der Waals surface area contributed by atoms with Gasteiger partial charge in [0.15, 0.2) is 11.0 Å². The van der Waals surface area contributed by atoms with Gasteiger partial charge in [-0.05, 0) is 33.8 Å². The summed E-state index contributed by atoms with van der Waals surface area (Å²) in [4.78, 5) is 3.95. The molecule has 0 unspecified atom stereocenters. The summed E-state index contributed by atoms with van der Waals surface area (Å²) < 4.78 is 15.7. The summed E-state index contributed by atoms with van der Waals surface area (Å²) in [6.45, 7) is 0. The van der Waals surface area contributed by atoms with Crippen LogP contribution in [0.5, 0.6) is 0 Å². The first-order chi connectivity index (χ1) is 7.16. The molecule has 0 fully saturated rings. The molecule has 0 aliphatic carbocycles. The second kappa shape index (κ2) is 4.28. The Kier molecular flexibility index (Phi) is 3.01. The quantitative estimate of drug-likeness (QED) is 0.850. The molecule has 0 saturated carbocycles. The minimum atomic E-state index is -0.377. The zero-order valence-corrected chi connectivity index (χ0v) is 10.1. The van der Waals surface area contributed by atoms with Crippen molar-refractivity contribution in [3.8, 4) is 0 Å². The first kappa shape index (κ1) is 10.6. The highest BCUT2D eigenvalue weighted by molar-refractivity contribution is 9.10. The van der Waals surface area contributed by atoms with E-state index in [9.17, 15) is 4.39 Å². The predicted molar refractivity (Wildman–Crippen MR) is 57.0 cm³/mol. The fourth-order valence-corrected chi connectivity index (χ4v) is 1.95. The van der Waals surface area contributed by atoms with Gasteiger partial charge in [0.25, 0.3) is 0 Å². The van der Waals surface area contributed by atoms with Crippen LogP contribution in [-0.2, 0) is 7.05 Å². The molecule has 0 amide bonds. The van der Waals surface area contributed by atoms with E-state index in [0.717, 1.165) is 11.8 Å². The molecule has 0 saturated heterocycles. The molecule has 0 bridgehead atoms. The number of aryl methyl sites for hydroxylation is 1. The zero-order chi connectivity index (χ0) is 10.8. The molecule has 4 nitrogen and oxygen atoms in total. The lowest BCUT2D eigenvalue weighted by Gasteiger charge is -2.01. The summed E-state index contributed by atoms with van der Waals surface area (Å²) in [5.41, 5.74) is 0. The molecule has 2 aromatic heterocycles. The van der Waals surface area contributed by atoms with Crippen LogP contribution in [0.4, 0.5) is 4.39 Å². The van der Waals surface area contributed by atoms with Gasteiger partial charge in [0.05, 0.1) is 0 Å². The van der Waals surface area contributed by atoms with Gasteiger partial charge in [0, 0.05) is 17.7 Å². The van der Waals surface area contributed by atoms with E-state index in [4.69, 9.17) is 0 Å². The molecule has 15 heavy (non-hydrogen) atoms. The Morgan fingerprint density at radius 2 is 2.33 bits per heavy atom. The number of hydrogen-bond donors (Lipinski definition) is 0. The third kappa shape index (κ3) is 2.35. The van der Waals surface area contributed by atoms with E-state index in [1.54, 1.807) is 24.1 Å². The van der Waals surface area contributed by atoms with Crippen LogP contribution in [0.25, 0.3) is 0 Å². The van der Waals surface area contributed by atoms with Gasteiger partial charge in [-0.1, -0.05) is 0 Å². The molecule has 0 aliphatic rings. The third-order valence-corrected chi connectivity index (χ3v) is 3.11. The monoisotopic (exact) mass is 288 g/mol. The van der Waals surface area contributed by atoms with E-state index in [2.05, 4.69) is 31.1 Å². The molecule has 78 valence electrons. The molecule has 7 heteroatoms. The number of halogens is 2. The minimum Gasteiger partial charge on any atom is -0.311 e. The molecule has 0 spiro atoms. The molecule has 0 radical (unpaired) electrons. The Morgan fingerprint density at radius 3 is 2.93 bits per heavy atom. The second-order valence-corrected chi connectivity index (χ2v) is 4.64. The van der Waals surface area contributed by atoms with Crippen LogP contribution in [0.15, 0.2) is 33.2 Å². The van der Waals surface area contributed by atoms with Gasteiger partial charge in [-0.15, -0.1) is 10.2 Å². The van der Waals surface area contributed by atoms with Crippen molar-refractivity contribution in [2.24, 2.45) is 7.05 Å². The third-order valence-electron chi connectivity index (χ3n) is 1.63. The van der Waals surface area contributed by atoms with Crippen molar-refractivity contribution in [3.05, 3.63) is 28.9 Å². The number of pyridine rings is 1. The lowest BCUT2D eigenvalue weighted by Crippen LogP contribution is -1.92. The van der Waals surface area contributed by atoms with Gasteiger partial charge >= 0.3 is 0 Å². The maximum Gasteiger partial charge on any atom is 0.197 e. The van der Waals surface area contributed by atoms with Crippen molar-refractivity contribution < 1.29 is 4.39 Å². The Balaban J connectivity index is 2.29. The van der Waals surface area contributed by atoms with Crippen LogP contribution in [0.2, 0.25) is 0 Å². The first-order valence-electron chi connectivity index (χ1n) is 3.99. The van der Waals surface area contributed by atoms with Crippen molar-refractivity contribution in [1.82, 2.24) is 19.7 Å². The topological polar surface area (TPSA) is 43.6 Å². The van der Waals surface area contributed by atoms with Crippen molar-refractivity contribution in [2.45, 2.75) is 10.2 Å². The van der Waals surface area contributed by atoms with Crippen LogP contribution in [0.1, 0.15) is 0 Å². The van der Waals surface area contributed by atoms with E-state index in [1.807, 2.05) is 0 Å².